The van der Waals surface area contributed by atoms with Crippen LogP contribution in [0, 0.1) is 10.1 Å². The van der Waals surface area contributed by atoms with Gasteiger partial charge in [-0.3, -0.25) is 10.1 Å². The summed E-state index contributed by atoms with van der Waals surface area (Å²) in [4.78, 5) is 26.6. The number of nitrogens with zero attached hydrogens (tertiary/aromatic N) is 2. The molecule has 2 aromatic carbocycles. The summed E-state index contributed by atoms with van der Waals surface area (Å²) in [5.74, 6) is 0.488. The fourth-order valence-electron chi connectivity index (χ4n) is 2.39. The van der Waals surface area contributed by atoms with E-state index in [2.05, 4.69) is 4.99 Å². The first-order valence-corrected chi connectivity index (χ1v) is 7.51. The van der Waals surface area contributed by atoms with Crippen LogP contribution in [0.15, 0.2) is 53.2 Å². The second kappa shape index (κ2) is 7.06. The lowest BCUT2D eigenvalue weighted by molar-refractivity contribution is -0.384. The van der Waals surface area contributed by atoms with Crippen LogP contribution >= 0.6 is 0 Å². The summed E-state index contributed by atoms with van der Waals surface area (Å²) in [5.41, 5.74) is 0.993. The van der Waals surface area contributed by atoms with Gasteiger partial charge < -0.3 is 14.2 Å². The summed E-state index contributed by atoms with van der Waals surface area (Å²) < 4.78 is 15.6. The number of cyclic esters (lactones) is 1. The molecule has 0 radical (unpaired) electrons. The van der Waals surface area contributed by atoms with Crippen LogP contribution in [0.1, 0.15) is 11.1 Å². The van der Waals surface area contributed by atoms with Gasteiger partial charge in [0.1, 0.15) is 0 Å². The molecule has 1 aliphatic rings. The molecule has 0 bridgehead atoms. The molecule has 1 aliphatic heterocycles. The van der Waals surface area contributed by atoms with E-state index in [0.717, 1.165) is 0 Å². The predicted octanol–water partition coefficient (Wildman–Crippen LogP) is 2.96. The van der Waals surface area contributed by atoms with Crippen molar-refractivity contribution in [1.29, 1.82) is 0 Å². The Morgan fingerprint density at radius 1 is 1.12 bits per heavy atom. The van der Waals surface area contributed by atoms with Crippen molar-refractivity contribution >= 4 is 23.6 Å². The molecule has 0 fully saturated rings. The van der Waals surface area contributed by atoms with Crippen molar-refractivity contribution in [3.63, 3.8) is 0 Å². The van der Waals surface area contributed by atoms with Gasteiger partial charge in [-0.05, 0) is 29.8 Å². The highest BCUT2D eigenvalue weighted by Gasteiger charge is 2.25. The van der Waals surface area contributed by atoms with Gasteiger partial charge in [0, 0.05) is 17.7 Å². The largest absolute Gasteiger partial charge is 0.493 e. The Balaban J connectivity index is 1.94. The van der Waals surface area contributed by atoms with E-state index in [4.69, 9.17) is 14.2 Å². The fourth-order valence-corrected chi connectivity index (χ4v) is 2.39. The number of nitro groups is 1. The summed E-state index contributed by atoms with van der Waals surface area (Å²) in [6.07, 6.45) is 1.43. The second-order valence-corrected chi connectivity index (χ2v) is 5.26. The summed E-state index contributed by atoms with van der Waals surface area (Å²) in [5, 5.41) is 10.8. The lowest BCUT2D eigenvalue weighted by atomic mass is 10.1. The maximum Gasteiger partial charge on any atom is 0.363 e. The van der Waals surface area contributed by atoms with E-state index in [9.17, 15) is 14.9 Å². The number of carbonyl (C=O) groups is 1. The van der Waals surface area contributed by atoms with Crippen LogP contribution < -0.4 is 9.47 Å². The smallest absolute Gasteiger partial charge is 0.363 e. The van der Waals surface area contributed by atoms with Crippen molar-refractivity contribution in [3.8, 4) is 11.5 Å². The van der Waals surface area contributed by atoms with Gasteiger partial charge in [-0.15, -0.1) is 0 Å². The van der Waals surface area contributed by atoms with E-state index in [1.807, 2.05) is 0 Å². The monoisotopic (exact) mass is 354 g/mol. The van der Waals surface area contributed by atoms with Gasteiger partial charge in [-0.2, -0.15) is 0 Å². The van der Waals surface area contributed by atoms with Crippen LogP contribution in [0.2, 0.25) is 0 Å². The molecule has 0 N–H and O–H groups in total. The molecule has 2 aromatic rings. The normalized spacial score (nSPS) is 14.8. The van der Waals surface area contributed by atoms with E-state index in [0.29, 0.717) is 22.6 Å². The topological polar surface area (TPSA) is 100 Å². The third-order valence-electron chi connectivity index (χ3n) is 3.64. The summed E-state index contributed by atoms with van der Waals surface area (Å²) >= 11 is 0. The zero-order valence-corrected chi connectivity index (χ0v) is 14.0. The molecular weight excluding hydrogens is 340 g/mol. The summed E-state index contributed by atoms with van der Waals surface area (Å²) in [7, 11) is 3.02. The molecule has 0 spiro atoms. The number of non-ortho nitro benzene ring substituents is 1. The number of ether oxygens (including phenoxy) is 3. The Bertz CT molecular complexity index is 948. The lowest BCUT2D eigenvalue weighted by Gasteiger charge is -2.08. The molecule has 1 heterocycles. The highest BCUT2D eigenvalue weighted by atomic mass is 16.6. The van der Waals surface area contributed by atoms with E-state index >= 15 is 0 Å². The Labute approximate surface area is 148 Å². The van der Waals surface area contributed by atoms with Crippen molar-refractivity contribution in [3.05, 3.63) is 69.4 Å². The molecule has 0 saturated carbocycles. The van der Waals surface area contributed by atoms with Gasteiger partial charge in [0.05, 0.1) is 19.1 Å². The van der Waals surface area contributed by atoms with Crippen molar-refractivity contribution < 1.29 is 23.9 Å². The average Bonchev–Trinajstić information content (AvgIpc) is 3.01. The molecule has 8 heteroatoms. The van der Waals surface area contributed by atoms with Crippen LogP contribution in [-0.4, -0.2) is 31.0 Å². The highest BCUT2D eigenvalue weighted by molar-refractivity contribution is 6.13. The Morgan fingerprint density at radius 3 is 2.58 bits per heavy atom. The third kappa shape index (κ3) is 3.39. The number of carbonyl (C=O) groups excluding carboxylic acids is 1. The maximum atomic E-state index is 12.1. The van der Waals surface area contributed by atoms with Gasteiger partial charge in [-0.1, -0.05) is 12.1 Å². The minimum Gasteiger partial charge on any atom is -0.493 e. The van der Waals surface area contributed by atoms with Gasteiger partial charge in [0.2, 0.25) is 5.90 Å². The lowest BCUT2D eigenvalue weighted by Crippen LogP contribution is -2.06. The van der Waals surface area contributed by atoms with Gasteiger partial charge in [-0.25, -0.2) is 9.79 Å². The highest BCUT2D eigenvalue weighted by Crippen LogP contribution is 2.29. The summed E-state index contributed by atoms with van der Waals surface area (Å²) in [6, 6.07) is 10.9. The number of esters is 1. The van der Waals surface area contributed by atoms with Crippen LogP contribution in [-0.2, 0) is 9.53 Å². The molecule has 0 unspecified atom stereocenters. The van der Waals surface area contributed by atoms with E-state index < -0.39 is 10.9 Å². The first-order valence-electron chi connectivity index (χ1n) is 7.51. The zero-order chi connectivity index (χ0) is 18.7. The molecule has 0 saturated heterocycles. The predicted molar refractivity (Wildman–Crippen MR) is 93.2 cm³/mol. The molecular formula is C18H14N2O6. The number of hydrogen-bond donors (Lipinski definition) is 0. The molecule has 132 valence electrons. The van der Waals surface area contributed by atoms with Gasteiger partial charge >= 0.3 is 5.97 Å². The zero-order valence-electron chi connectivity index (χ0n) is 14.0. The van der Waals surface area contributed by atoms with Gasteiger partial charge in [0.25, 0.3) is 5.69 Å². The molecule has 0 atom stereocenters. The SMILES string of the molecule is COc1ccc(C2=NC(=Cc3cccc([N+](=O)[O-])c3)C(=O)O2)cc1OC. The molecule has 0 aliphatic carbocycles. The van der Waals surface area contributed by atoms with Gasteiger partial charge in [0.15, 0.2) is 17.2 Å². The number of methoxy groups -OCH3 is 2. The Kier molecular flexibility index (Phi) is 4.66. The third-order valence-corrected chi connectivity index (χ3v) is 3.64. The Morgan fingerprint density at radius 2 is 1.88 bits per heavy atom. The van der Waals surface area contributed by atoms with E-state index in [-0.39, 0.29) is 17.3 Å². The van der Waals surface area contributed by atoms with Crippen LogP contribution in [0.3, 0.4) is 0 Å². The number of hydrogen-bond acceptors (Lipinski definition) is 7. The van der Waals surface area contributed by atoms with Crippen LogP contribution in [0.25, 0.3) is 6.08 Å². The molecule has 0 amide bonds. The van der Waals surface area contributed by atoms with Crippen molar-refractivity contribution in [2.45, 2.75) is 0 Å². The standard InChI is InChI=1S/C18H14N2O6/c1-24-15-7-6-12(10-16(15)25-2)17-19-14(18(21)26-17)9-11-4-3-5-13(8-11)20(22)23/h3-10H,1-2H3. The van der Waals surface area contributed by atoms with Crippen molar-refractivity contribution in [1.82, 2.24) is 0 Å². The average molecular weight is 354 g/mol. The number of benzene rings is 2. The first kappa shape index (κ1) is 17.2. The van der Waals surface area contributed by atoms with Crippen LogP contribution in [0.4, 0.5) is 5.69 Å². The summed E-state index contributed by atoms with van der Waals surface area (Å²) in [6.45, 7) is 0. The molecule has 0 aromatic heterocycles. The second-order valence-electron chi connectivity index (χ2n) is 5.26. The number of aliphatic imine (C=N–C) groups is 1. The van der Waals surface area contributed by atoms with Crippen molar-refractivity contribution in [2.75, 3.05) is 14.2 Å². The van der Waals surface area contributed by atoms with E-state index in [1.54, 1.807) is 24.3 Å². The van der Waals surface area contributed by atoms with Crippen molar-refractivity contribution in [2.24, 2.45) is 4.99 Å². The minimum absolute atomic E-state index is 0.0512. The van der Waals surface area contributed by atoms with Crippen LogP contribution in [0.5, 0.6) is 11.5 Å². The maximum absolute atomic E-state index is 12.1. The minimum atomic E-state index is -0.638. The molecule has 8 nitrogen and oxygen atoms in total. The fraction of sp³-hybridized carbons (Fsp3) is 0.111. The number of rotatable bonds is 5. The quantitative estimate of drug-likeness (QED) is 0.354. The number of nitro benzene ring substituents is 1. The first-order chi connectivity index (χ1) is 12.5. The Hall–Kier alpha value is -3.68. The molecule has 3 rings (SSSR count). The molecule has 26 heavy (non-hydrogen) atoms. The van der Waals surface area contributed by atoms with E-state index in [1.165, 1.54) is 38.5 Å².